The molecule has 5 atom stereocenters. The Balaban J connectivity index is 1.29. The Bertz CT molecular complexity index is 1430. The van der Waals surface area contributed by atoms with Crippen LogP contribution in [0.15, 0.2) is 58.4 Å². The number of thiazole rings is 1. The highest BCUT2D eigenvalue weighted by Crippen LogP contribution is 2.64. The molecule has 2 heterocycles. The van der Waals surface area contributed by atoms with E-state index in [1.165, 1.54) is 30.6 Å². The molecular formula is C29H30N2O5S2. The SMILES string of the molecule is CCOC(=O)c1ccc(NC(=O)Cn2c3c(sc2=O)[C@@H](c2ccccc2OC)[C@@H]2[C@H]4CC[C@@H](C4)[C@H]2S3)cc1. The molecule has 2 bridgehead atoms. The first-order chi connectivity index (χ1) is 18.5. The van der Waals surface area contributed by atoms with E-state index in [2.05, 4.69) is 11.4 Å². The van der Waals surface area contributed by atoms with Crippen molar-refractivity contribution in [1.82, 2.24) is 4.57 Å². The van der Waals surface area contributed by atoms with Crippen molar-refractivity contribution in [2.75, 3.05) is 19.0 Å². The number of benzene rings is 2. The molecule has 0 radical (unpaired) electrons. The van der Waals surface area contributed by atoms with E-state index in [-0.39, 0.29) is 23.2 Å². The number of para-hydroxylation sites is 1. The molecule has 198 valence electrons. The number of nitrogens with one attached hydrogen (secondary N) is 1. The number of hydrogen-bond acceptors (Lipinski definition) is 7. The number of methoxy groups -OCH3 is 1. The molecule has 2 fully saturated rings. The van der Waals surface area contributed by atoms with Crippen LogP contribution >= 0.6 is 23.1 Å². The Labute approximate surface area is 229 Å². The predicted octanol–water partition coefficient (Wildman–Crippen LogP) is 5.39. The second-order valence-corrected chi connectivity index (χ2v) is 12.3. The quantitative estimate of drug-likeness (QED) is 0.397. The molecule has 6 rings (SSSR count). The third-order valence-electron chi connectivity index (χ3n) is 8.15. The lowest BCUT2D eigenvalue weighted by Crippen LogP contribution is -2.35. The van der Waals surface area contributed by atoms with Crippen LogP contribution in [-0.4, -0.2) is 35.4 Å². The minimum absolute atomic E-state index is 0.0541. The van der Waals surface area contributed by atoms with E-state index in [4.69, 9.17) is 9.47 Å². The van der Waals surface area contributed by atoms with Gasteiger partial charge >= 0.3 is 10.8 Å². The van der Waals surface area contributed by atoms with Crippen molar-refractivity contribution in [2.45, 2.75) is 48.9 Å². The first-order valence-electron chi connectivity index (χ1n) is 13.1. The molecule has 2 aromatic carbocycles. The van der Waals surface area contributed by atoms with E-state index >= 15 is 0 Å². The van der Waals surface area contributed by atoms with E-state index in [1.54, 1.807) is 42.9 Å². The summed E-state index contributed by atoms with van der Waals surface area (Å²) in [6, 6.07) is 14.7. The largest absolute Gasteiger partial charge is 0.496 e. The van der Waals surface area contributed by atoms with E-state index in [0.29, 0.717) is 40.9 Å². The summed E-state index contributed by atoms with van der Waals surface area (Å²) in [5.74, 6) is 2.06. The zero-order chi connectivity index (χ0) is 26.4. The molecule has 7 nitrogen and oxygen atoms in total. The molecule has 1 N–H and O–H groups in total. The lowest BCUT2D eigenvalue weighted by Gasteiger charge is -2.40. The van der Waals surface area contributed by atoms with Gasteiger partial charge in [-0.05, 0) is 74.3 Å². The summed E-state index contributed by atoms with van der Waals surface area (Å²) in [5.41, 5.74) is 2.12. The van der Waals surface area contributed by atoms with Gasteiger partial charge in [0.15, 0.2) is 0 Å². The van der Waals surface area contributed by atoms with Crippen molar-refractivity contribution in [1.29, 1.82) is 0 Å². The molecule has 0 saturated heterocycles. The Morgan fingerprint density at radius 3 is 2.61 bits per heavy atom. The number of carbonyl (C=O) groups excluding carboxylic acids is 2. The van der Waals surface area contributed by atoms with E-state index in [0.717, 1.165) is 21.2 Å². The molecular weight excluding hydrogens is 520 g/mol. The Morgan fingerprint density at radius 1 is 1.08 bits per heavy atom. The maximum atomic E-state index is 13.3. The van der Waals surface area contributed by atoms with Crippen LogP contribution in [0, 0.1) is 17.8 Å². The first kappa shape index (κ1) is 25.2. The molecule has 1 amide bonds. The number of anilines is 1. The monoisotopic (exact) mass is 550 g/mol. The van der Waals surface area contributed by atoms with Gasteiger partial charge in [0.1, 0.15) is 12.3 Å². The lowest BCUT2D eigenvalue weighted by molar-refractivity contribution is -0.116. The number of ether oxygens (including phenoxy) is 2. The van der Waals surface area contributed by atoms with Crippen molar-refractivity contribution >= 4 is 40.7 Å². The van der Waals surface area contributed by atoms with Crippen LogP contribution in [0.5, 0.6) is 5.75 Å². The van der Waals surface area contributed by atoms with Crippen LogP contribution in [0.4, 0.5) is 5.69 Å². The maximum Gasteiger partial charge on any atom is 0.338 e. The van der Waals surface area contributed by atoms with Gasteiger partial charge in [-0.2, -0.15) is 0 Å². The van der Waals surface area contributed by atoms with E-state index in [9.17, 15) is 14.4 Å². The third-order valence-corrected chi connectivity index (χ3v) is 11.0. The molecule has 1 aromatic heterocycles. The second-order valence-electron chi connectivity index (χ2n) is 10.2. The molecule has 2 saturated carbocycles. The molecule has 0 unspecified atom stereocenters. The van der Waals surface area contributed by atoms with Crippen molar-refractivity contribution in [3.8, 4) is 5.75 Å². The van der Waals surface area contributed by atoms with Crippen LogP contribution in [0.3, 0.4) is 0 Å². The fraction of sp³-hybridized carbons (Fsp3) is 0.414. The normalized spacial score (nSPS) is 24.9. The molecule has 9 heteroatoms. The Kier molecular flexibility index (Phi) is 6.82. The number of amides is 1. The zero-order valence-corrected chi connectivity index (χ0v) is 23.0. The lowest BCUT2D eigenvalue weighted by atomic mass is 9.74. The molecule has 2 aliphatic carbocycles. The fourth-order valence-corrected chi connectivity index (χ4v) is 9.75. The highest BCUT2D eigenvalue weighted by molar-refractivity contribution is 8.00. The van der Waals surface area contributed by atoms with Crippen molar-refractivity contribution < 1.29 is 19.1 Å². The van der Waals surface area contributed by atoms with Gasteiger partial charge in [-0.15, -0.1) is 11.8 Å². The van der Waals surface area contributed by atoms with Crippen LogP contribution in [0.25, 0.3) is 0 Å². The van der Waals surface area contributed by atoms with Gasteiger partial charge in [0.05, 0.1) is 24.3 Å². The highest BCUT2D eigenvalue weighted by Gasteiger charge is 2.55. The summed E-state index contributed by atoms with van der Waals surface area (Å²) in [6.45, 7) is 2.00. The summed E-state index contributed by atoms with van der Waals surface area (Å²) in [5, 5.41) is 4.24. The minimum Gasteiger partial charge on any atom is -0.496 e. The van der Waals surface area contributed by atoms with Crippen LogP contribution in [0.1, 0.15) is 52.9 Å². The van der Waals surface area contributed by atoms with Crippen molar-refractivity contribution in [2.24, 2.45) is 17.8 Å². The Hall–Kier alpha value is -3.04. The van der Waals surface area contributed by atoms with Crippen LogP contribution in [0.2, 0.25) is 0 Å². The smallest absolute Gasteiger partial charge is 0.338 e. The van der Waals surface area contributed by atoms with Crippen LogP contribution < -0.4 is 14.9 Å². The van der Waals surface area contributed by atoms with Gasteiger partial charge in [-0.25, -0.2) is 4.79 Å². The predicted molar refractivity (Wildman–Crippen MR) is 148 cm³/mol. The van der Waals surface area contributed by atoms with E-state index in [1.807, 2.05) is 30.0 Å². The van der Waals surface area contributed by atoms with Gasteiger partial charge < -0.3 is 14.8 Å². The molecule has 3 aliphatic rings. The fourth-order valence-electron chi connectivity index (χ4n) is 6.61. The summed E-state index contributed by atoms with van der Waals surface area (Å²) in [6.07, 6.45) is 3.74. The summed E-state index contributed by atoms with van der Waals surface area (Å²) in [7, 11) is 1.70. The number of nitrogens with zero attached hydrogens (tertiary/aromatic N) is 1. The topological polar surface area (TPSA) is 86.6 Å². The van der Waals surface area contributed by atoms with Gasteiger partial charge in [0.2, 0.25) is 5.91 Å². The van der Waals surface area contributed by atoms with Gasteiger partial charge in [-0.1, -0.05) is 29.5 Å². The first-order valence-corrected chi connectivity index (χ1v) is 14.8. The zero-order valence-electron chi connectivity index (χ0n) is 21.3. The number of aromatic nitrogens is 1. The number of fused-ring (bicyclic) bond motifs is 6. The molecule has 1 aliphatic heterocycles. The number of esters is 1. The number of hydrogen-bond donors (Lipinski definition) is 1. The average Bonchev–Trinajstić information content (AvgIpc) is 3.62. The Morgan fingerprint density at radius 2 is 1.84 bits per heavy atom. The second kappa shape index (κ2) is 10.3. The van der Waals surface area contributed by atoms with E-state index < -0.39 is 5.97 Å². The molecule has 38 heavy (non-hydrogen) atoms. The summed E-state index contributed by atoms with van der Waals surface area (Å²) < 4.78 is 12.4. The number of rotatable bonds is 7. The minimum atomic E-state index is -0.401. The van der Waals surface area contributed by atoms with Crippen molar-refractivity contribution in [3.05, 3.63) is 74.2 Å². The average molecular weight is 551 g/mol. The van der Waals surface area contributed by atoms with Gasteiger partial charge in [0.25, 0.3) is 0 Å². The molecule has 3 aromatic rings. The third kappa shape index (κ3) is 4.35. The number of carbonyl (C=O) groups is 2. The highest BCUT2D eigenvalue weighted by atomic mass is 32.2. The van der Waals surface area contributed by atoms with Crippen molar-refractivity contribution in [3.63, 3.8) is 0 Å². The maximum absolute atomic E-state index is 13.3. The summed E-state index contributed by atoms with van der Waals surface area (Å²) in [4.78, 5) is 39.2. The summed E-state index contributed by atoms with van der Waals surface area (Å²) >= 11 is 3.08. The standard InChI is InChI=1S/C29H30N2O5S2/c1-3-36-28(33)16-10-12-19(13-11-16)30-22(32)15-31-27-26(38-29(31)34)24(20-6-4-5-7-21(20)35-2)23-17-8-9-18(14-17)25(23)37-27/h4-7,10-13,17-18,23-25H,3,8-9,14-15H2,1-2H3,(H,30,32)/t17-,18-,23-,24-,25+/m0/s1. The van der Waals surface area contributed by atoms with Gasteiger partial charge in [0, 0.05) is 27.3 Å². The molecule has 0 spiro atoms. The van der Waals surface area contributed by atoms with Crippen LogP contribution in [-0.2, 0) is 16.1 Å². The van der Waals surface area contributed by atoms with Gasteiger partial charge in [-0.3, -0.25) is 14.2 Å². The number of thioether (sulfide) groups is 1.